The first-order valence-corrected chi connectivity index (χ1v) is 5.41. The van der Waals surface area contributed by atoms with Gasteiger partial charge in [0.2, 0.25) is 0 Å². The lowest BCUT2D eigenvalue weighted by Crippen LogP contribution is -2.34. The van der Waals surface area contributed by atoms with Gasteiger partial charge in [-0.2, -0.15) is 0 Å². The normalized spacial score (nSPS) is 12.1. The first-order valence-electron chi connectivity index (χ1n) is 5.41. The molecule has 2 rings (SSSR count). The Morgan fingerprint density at radius 2 is 2.21 bits per heavy atom. The molecule has 0 amide bonds. The van der Waals surface area contributed by atoms with E-state index in [1.807, 2.05) is 24.3 Å². The van der Waals surface area contributed by atoms with Gasteiger partial charge in [-0.05, 0) is 11.6 Å². The van der Waals surface area contributed by atoms with Crippen molar-refractivity contribution in [1.29, 1.82) is 0 Å². The minimum absolute atomic E-state index is 0.184. The number of hydrogen-bond donors (Lipinski definition) is 2. The summed E-state index contributed by atoms with van der Waals surface area (Å²) in [6.45, 7) is 0. The zero-order valence-corrected chi connectivity index (χ0v) is 9.74. The number of fused-ring (bicyclic) bond motifs is 1. The molecule has 0 aliphatic heterocycles. The maximum atomic E-state index is 11.3. The van der Waals surface area contributed by atoms with Gasteiger partial charge in [-0.25, -0.2) is 4.79 Å². The first-order chi connectivity index (χ1) is 9.08. The van der Waals surface area contributed by atoms with E-state index in [1.165, 1.54) is 0 Å². The SMILES string of the molecule is NC(Cc1c[nH]c2ccccc12)C(=O)OO[N+](=O)[O-]. The molecule has 100 valence electrons. The molecule has 8 heteroatoms. The highest BCUT2D eigenvalue weighted by Gasteiger charge is 2.19. The number of aromatic nitrogens is 1. The van der Waals surface area contributed by atoms with Crippen LogP contribution >= 0.6 is 0 Å². The first kappa shape index (κ1) is 12.8. The van der Waals surface area contributed by atoms with Gasteiger partial charge in [-0.1, -0.05) is 23.2 Å². The molecular weight excluding hydrogens is 254 g/mol. The van der Waals surface area contributed by atoms with E-state index in [-0.39, 0.29) is 6.42 Å². The number of carbonyl (C=O) groups is 1. The highest BCUT2D eigenvalue weighted by molar-refractivity contribution is 5.84. The van der Waals surface area contributed by atoms with Gasteiger partial charge < -0.3 is 10.7 Å². The zero-order valence-electron chi connectivity index (χ0n) is 9.74. The van der Waals surface area contributed by atoms with E-state index in [4.69, 9.17) is 5.73 Å². The fourth-order valence-corrected chi connectivity index (χ4v) is 1.75. The van der Waals surface area contributed by atoms with Crippen molar-refractivity contribution in [2.24, 2.45) is 5.73 Å². The molecule has 0 saturated carbocycles. The minimum Gasteiger partial charge on any atom is -0.361 e. The topological polar surface area (TPSA) is 120 Å². The Kier molecular flexibility index (Phi) is 3.62. The lowest BCUT2D eigenvalue weighted by Gasteiger charge is -2.07. The van der Waals surface area contributed by atoms with Crippen molar-refractivity contribution in [3.63, 3.8) is 0 Å². The molecule has 0 bridgehead atoms. The van der Waals surface area contributed by atoms with Crippen molar-refractivity contribution < 1.29 is 19.8 Å². The summed E-state index contributed by atoms with van der Waals surface area (Å²) in [6.07, 6.45) is 1.91. The van der Waals surface area contributed by atoms with Gasteiger partial charge in [-0.15, -0.1) is 10.1 Å². The third-order valence-corrected chi connectivity index (χ3v) is 2.60. The third-order valence-electron chi connectivity index (χ3n) is 2.60. The van der Waals surface area contributed by atoms with Crippen LogP contribution in [0.5, 0.6) is 0 Å². The molecule has 2 aromatic rings. The second kappa shape index (κ2) is 5.36. The van der Waals surface area contributed by atoms with Crippen LogP contribution in [0, 0.1) is 10.1 Å². The maximum Gasteiger partial charge on any atom is 0.360 e. The summed E-state index contributed by atoms with van der Waals surface area (Å²) in [5.74, 6) is -0.998. The summed E-state index contributed by atoms with van der Waals surface area (Å²) in [5.41, 5.74) is 7.33. The molecule has 3 N–H and O–H groups in total. The number of nitrogens with one attached hydrogen (secondary N) is 1. The van der Waals surface area contributed by atoms with Crippen LogP contribution in [0.15, 0.2) is 30.5 Å². The molecule has 1 aromatic heterocycles. The number of H-pyrrole nitrogens is 1. The van der Waals surface area contributed by atoms with Gasteiger partial charge in [0.15, 0.2) is 0 Å². The van der Waals surface area contributed by atoms with Crippen molar-refractivity contribution in [2.45, 2.75) is 12.5 Å². The summed E-state index contributed by atoms with van der Waals surface area (Å²) in [5, 5.41) is 9.58. The predicted molar refractivity (Wildman–Crippen MR) is 64.1 cm³/mol. The Labute approximate surface area is 107 Å². The third kappa shape index (κ3) is 2.99. The average molecular weight is 265 g/mol. The molecular formula is C11H11N3O5. The molecule has 0 fully saturated rings. The molecule has 0 spiro atoms. The van der Waals surface area contributed by atoms with Crippen LogP contribution in [0.3, 0.4) is 0 Å². The second-order valence-corrected chi connectivity index (χ2v) is 3.87. The predicted octanol–water partition coefficient (Wildman–Crippen LogP) is 0.704. The Balaban J connectivity index is 2.04. The van der Waals surface area contributed by atoms with Crippen LogP contribution in [0.2, 0.25) is 0 Å². The van der Waals surface area contributed by atoms with Crippen LogP contribution in [0.4, 0.5) is 0 Å². The van der Waals surface area contributed by atoms with Gasteiger partial charge >= 0.3 is 11.1 Å². The van der Waals surface area contributed by atoms with E-state index in [0.717, 1.165) is 16.5 Å². The number of nitrogens with zero attached hydrogens (tertiary/aromatic N) is 1. The molecule has 1 unspecified atom stereocenters. The van der Waals surface area contributed by atoms with E-state index in [2.05, 4.69) is 14.9 Å². The fourth-order valence-electron chi connectivity index (χ4n) is 1.75. The van der Waals surface area contributed by atoms with E-state index in [0.29, 0.717) is 0 Å². The van der Waals surface area contributed by atoms with Crippen LogP contribution in [0.1, 0.15) is 5.56 Å². The van der Waals surface area contributed by atoms with Gasteiger partial charge in [-0.3, -0.25) is 4.89 Å². The lowest BCUT2D eigenvalue weighted by molar-refractivity contribution is -0.839. The number of carbonyl (C=O) groups excluding carboxylic acids is 1. The fraction of sp³-hybridized carbons (Fsp3) is 0.182. The maximum absolute atomic E-state index is 11.3. The number of para-hydroxylation sites is 1. The standard InChI is InChI=1S/C11H11N3O5/c12-9(11(15)18-19-14(16)17)5-7-6-13-10-4-2-1-3-8(7)10/h1-4,6,9,13H,5,12H2. The molecule has 1 aromatic carbocycles. The van der Waals surface area contributed by atoms with Gasteiger partial charge in [0.25, 0.3) is 0 Å². The number of hydrogen-bond acceptors (Lipinski definition) is 6. The Morgan fingerprint density at radius 3 is 2.95 bits per heavy atom. The number of rotatable bonds is 5. The van der Waals surface area contributed by atoms with Gasteiger partial charge in [0.1, 0.15) is 6.04 Å². The summed E-state index contributed by atoms with van der Waals surface area (Å²) >= 11 is 0. The monoisotopic (exact) mass is 265 g/mol. The molecule has 0 saturated heterocycles. The summed E-state index contributed by atoms with van der Waals surface area (Å²) < 4.78 is 0. The van der Waals surface area contributed by atoms with Crippen molar-refractivity contribution in [2.75, 3.05) is 0 Å². The largest absolute Gasteiger partial charge is 0.361 e. The lowest BCUT2D eigenvalue weighted by atomic mass is 10.1. The number of benzene rings is 1. The molecule has 0 radical (unpaired) electrons. The highest BCUT2D eigenvalue weighted by atomic mass is 17.3. The van der Waals surface area contributed by atoms with Crippen molar-refractivity contribution in [3.05, 3.63) is 46.1 Å². The quantitative estimate of drug-likeness (QED) is 0.466. The van der Waals surface area contributed by atoms with Crippen molar-refractivity contribution >= 4 is 16.9 Å². The van der Waals surface area contributed by atoms with Gasteiger partial charge in [0.05, 0.1) is 0 Å². The van der Waals surface area contributed by atoms with Crippen LogP contribution < -0.4 is 5.73 Å². The van der Waals surface area contributed by atoms with Gasteiger partial charge in [0, 0.05) is 23.5 Å². The van der Waals surface area contributed by atoms with E-state index in [9.17, 15) is 14.9 Å². The Morgan fingerprint density at radius 1 is 1.47 bits per heavy atom. The number of nitrogens with two attached hydrogens (primary N) is 1. The summed E-state index contributed by atoms with van der Waals surface area (Å²) in [7, 11) is 0. The van der Waals surface area contributed by atoms with Crippen molar-refractivity contribution in [3.8, 4) is 0 Å². The molecule has 19 heavy (non-hydrogen) atoms. The number of aromatic amines is 1. The second-order valence-electron chi connectivity index (χ2n) is 3.87. The minimum atomic E-state index is -1.23. The van der Waals surface area contributed by atoms with E-state index < -0.39 is 17.1 Å². The Bertz CT molecular complexity index is 609. The van der Waals surface area contributed by atoms with E-state index in [1.54, 1.807) is 6.20 Å². The smallest absolute Gasteiger partial charge is 0.360 e. The summed E-state index contributed by atoms with van der Waals surface area (Å²) in [6, 6.07) is 6.46. The molecule has 0 aliphatic rings. The molecule has 1 heterocycles. The van der Waals surface area contributed by atoms with Crippen LogP contribution in [-0.2, 0) is 21.1 Å². The molecule has 8 nitrogen and oxygen atoms in total. The zero-order chi connectivity index (χ0) is 13.8. The summed E-state index contributed by atoms with van der Waals surface area (Å²) in [4.78, 5) is 31.7. The highest BCUT2D eigenvalue weighted by Crippen LogP contribution is 2.18. The van der Waals surface area contributed by atoms with Crippen LogP contribution in [0.25, 0.3) is 10.9 Å². The van der Waals surface area contributed by atoms with E-state index >= 15 is 0 Å². The Hall–Kier alpha value is -2.61. The average Bonchev–Trinajstić information content (AvgIpc) is 2.79. The molecule has 1 atom stereocenters. The van der Waals surface area contributed by atoms with Crippen molar-refractivity contribution in [1.82, 2.24) is 4.98 Å². The van der Waals surface area contributed by atoms with Crippen LogP contribution in [-0.4, -0.2) is 22.1 Å². The molecule has 0 aliphatic carbocycles.